The summed E-state index contributed by atoms with van der Waals surface area (Å²) in [6.45, 7) is 0.794. The first-order chi connectivity index (χ1) is 8.86. The molecule has 0 bridgehead atoms. The Morgan fingerprint density at radius 2 is 2.16 bits per heavy atom. The van der Waals surface area contributed by atoms with E-state index in [1.54, 1.807) is 0 Å². The Kier molecular flexibility index (Phi) is 6.17. The van der Waals surface area contributed by atoms with Gasteiger partial charge in [-0.05, 0) is 29.5 Å². The lowest BCUT2D eigenvalue weighted by Crippen LogP contribution is -2.32. The summed E-state index contributed by atoms with van der Waals surface area (Å²) >= 11 is 2.01. The van der Waals surface area contributed by atoms with Gasteiger partial charge in [0.05, 0.1) is 3.57 Å². The number of anilines is 1. The van der Waals surface area contributed by atoms with Crippen LogP contribution < -0.4 is 5.32 Å². The van der Waals surface area contributed by atoms with Crippen molar-refractivity contribution in [3.8, 4) is 0 Å². The molecule has 0 aliphatic heterocycles. The molecule has 108 valence electrons. The summed E-state index contributed by atoms with van der Waals surface area (Å²) in [5.41, 5.74) is 0. The molecule has 0 atom stereocenters. The summed E-state index contributed by atoms with van der Waals surface area (Å²) in [7, 11) is 0. The standard InChI is InChI=1S/C10H12F4IN3O/c1-2-16-8-6(15)3-17-7(18-8)4-19-5-10(13,14)9(11)12/h3,9H,2,4-5H2,1H3,(H,16,17,18). The lowest BCUT2D eigenvalue weighted by molar-refractivity contribution is -0.168. The van der Waals surface area contributed by atoms with Crippen molar-refractivity contribution in [1.82, 2.24) is 9.97 Å². The van der Waals surface area contributed by atoms with Crippen molar-refractivity contribution in [2.24, 2.45) is 0 Å². The number of halogens is 5. The van der Waals surface area contributed by atoms with Gasteiger partial charge in [0.15, 0.2) is 5.82 Å². The number of alkyl halides is 4. The summed E-state index contributed by atoms with van der Waals surface area (Å²) in [5.74, 6) is -3.45. The van der Waals surface area contributed by atoms with Gasteiger partial charge in [-0.1, -0.05) is 0 Å². The molecule has 0 unspecified atom stereocenters. The molecule has 4 nitrogen and oxygen atoms in total. The molecule has 1 aromatic rings. The average Bonchev–Trinajstić information content (AvgIpc) is 2.33. The summed E-state index contributed by atoms with van der Waals surface area (Å²) in [4.78, 5) is 7.91. The summed E-state index contributed by atoms with van der Waals surface area (Å²) in [5, 5.41) is 2.96. The fraction of sp³-hybridized carbons (Fsp3) is 0.600. The van der Waals surface area contributed by atoms with E-state index in [0.29, 0.717) is 12.4 Å². The largest absolute Gasteiger partial charge is 0.369 e. The van der Waals surface area contributed by atoms with Crippen molar-refractivity contribution in [2.45, 2.75) is 25.9 Å². The van der Waals surface area contributed by atoms with E-state index in [1.165, 1.54) is 6.20 Å². The summed E-state index contributed by atoms with van der Waals surface area (Å²) in [6, 6.07) is 0. The van der Waals surface area contributed by atoms with Crippen LogP contribution in [-0.2, 0) is 11.3 Å². The maximum absolute atomic E-state index is 12.6. The SMILES string of the molecule is CCNc1nc(COCC(F)(F)C(F)F)ncc1I. The Morgan fingerprint density at radius 3 is 2.74 bits per heavy atom. The van der Waals surface area contributed by atoms with Crippen LogP contribution in [0.25, 0.3) is 0 Å². The molecule has 1 aromatic heterocycles. The Bertz CT molecular complexity index is 420. The zero-order valence-electron chi connectivity index (χ0n) is 9.97. The number of rotatable bonds is 7. The molecule has 0 radical (unpaired) electrons. The van der Waals surface area contributed by atoms with Crippen LogP contribution in [0.2, 0.25) is 0 Å². The molecule has 1 heterocycles. The van der Waals surface area contributed by atoms with Gasteiger partial charge in [-0.15, -0.1) is 0 Å². The van der Waals surface area contributed by atoms with E-state index in [1.807, 2.05) is 29.5 Å². The quantitative estimate of drug-likeness (QED) is 0.572. The van der Waals surface area contributed by atoms with Gasteiger partial charge in [-0.3, -0.25) is 0 Å². The van der Waals surface area contributed by atoms with E-state index in [4.69, 9.17) is 0 Å². The van der Waals surface area contributed by atoms with Gasteiger partial charge in [0.2, 0.25) is 0 Å². The smallest absolute Gasteiger partial charge is 0.330 e. The van der Waals surface area contributed by atoms with Crippen molar-refractivity contribution in [3.05, 3.63) is 15.6 Å². The van der Waals surface area contributed by atoms with Crippen molar-refractivity contribution in [2.75, 3.05) is 18.5 Å². The highest BCUT2D eigenvalue weighted by atomic mass is 127. The van der Waals surface area contributed by atoms with Crippen LogP contribution in [0.5, 0.6) is 0 Å². The van der Waals surface area contributed by atoms with Crippen molar-refractivity contribution < 1.29 is 22.3 Å². The van der Waals surface area contributed by atoms with Crippen LogP contribution in [-0.4, -0.2) is 35.5 Å². The highest BCUT2D eigenvalue weighted by Gasteiger charge is 2.40. The number of ether oxygens (including phenoxy) is 1. The van der Waals surface area contributed by atoms with E-state index in [-0.39, 0.29) is 12.4 Å². The second kappa shape index (κ2) is 7.17. The summed E-state index contributed by atoms with van der Waals surface area (Å²) < 4.78 is 54.2. The maximum atomic E-state index is 12.6. The molecule has 1 rings (SSSR count). The van der Waals surface area contributed by atoms with Crippen LogP contribution >= 0.6 is 22.6 Å². The monoisotopic (exact) mass is 393 g/mol. The van der Waals surface area contributed by atoms with Gasteiger partial charge in [-0.2, -0.15) is 8.78 Å². The van der Waals surface area contributed by atoms with Crippen molar-refractivity contribution in [3.63, 3.8) is 0 Å². The second-order valence-electron chi connectivity index (χ2n) is 3.57. The third-order valence-electron chi connectivity index (χ3n) is 1.98. The van der Waals surface area contributed by atoms with Crippen LogP contribution in [0, 0.1) is 3.57 Å². The van der Waals surface area contributed by atoms with Gasteiger partial charge in [0.1, 0.15) is 19.0 Å². The Morgan fingerprint density at radius 1 is 1.47 bits per heavy atom. The first-order valence-corrected chi connectivity index (χ1v) is 6.43. The van der Waals surface area contributed by atoms with Gasteiger partial charge in [-0.25, -0.2) is 18.7 Å². The van der Waals surface area contributed by atoms with Crippen molar-refractivity contribution in [1.29, 1.82) is 0 Å². The number of aromatic nitrogens is 2. The zero-order valence-corrected chi connectivity index (χ0v) is 12.1. The minimum Gasteiger partial charge on any atom is -0.369 e. The van der Waals surface area contributed by atoms with E-state index in [9.17, 15) is 17.6 Å². The lowest BCUT2D eigenvalue weighted by Gasteiger charge is -2.15. The van der Waals surface area contributed by atoms with E-state index < -0.39 is 19.0 Å². The Hall–Kier alpha value is -0.710. The molecule has 19 heavy (non-hydrogen) atoms. The van der Waals surface area contributed by atoms with Gasteiger partial charge < -0.3 is 10.1 Å². The molecule has 0 aliphatic rings. The number of nitrogens with zero attached hydrogens (tertiary/aromatic N) is 2. The van der Waals surface area contributed by atoms with E-state index in [2.05, 4.69) is 20.0 Å². The van der Waals surface area contributed by atoms with E-state index in [0.717, 1.165) is 3.57 Å². The third kappa shape index (κ3) is 5.05. The van der Waals surface area contributed by atoms with Gasteiger partial charge >= 0.3 is 12.3 Å². The van der Waals surface area contributed by atoms with Gasteiger partial charge in [0.25, 0.3) is 0 Å². The fourth-order valence-electron chi connectivity index (χ4n) is 1.11. The predicted octanol–water partition coefficient (Wildman–Crippen LogP) is 2.93. The van der Waals surface area contributed by atoms with Crippen LogP contribution in [0.15, 0.2) is 6.20 Å². The molecular formula is C10H12F4IN3O. The molecule has 0 aromatic carbocycles. The highest BCUT2D eigenvalue weighted by Crippen LogP contribution is 2.23. The lowest BCUT2D eigenvalue weighted by atomic mass is 10.4. The van der Waals surface area contributed by atoms with Gasteiger partial charge in [0, 0.05) is 12.7 Å². The Labute approximate surface area is 121 Å². The molecule has 0 fully saturated rings. The number of hydrogen-bond donors (Lipinski definition) is 1. The second-order valence-corrected chi connectivity index (χ2v) is 4.73. The molecule has 1 N–H and O–H groups in total. The fourth-order valence-corrected chi connectivity index (χ4v) is 1.56. The highest BCUT2D eigenvalue weighted by molar-refractivity contribution is 14.1. The van der Waals surface area contributed by atoms with Crippen LogP contribution in [0.4, 0.5) is 23.4 Å². The van der Waals surface area contributed by atoms with E-state index >= 15 is 0 Å². The molecule has 0 aliphatic carbocycles. The van der Waals surface area contributed by atoms with Crippen LogP contribution in [0.1, 0.15) is 12.7 Å². The van der Waals surface area contributed by atoms with Crippen LogP contribution in [0.3, 0.4) is 0 Å². The maximum Gasteiger partial charge on any atom is 0.330 e. The molecule has 0 saturated heterocycles. The molecule has 0 saturated carbocycles. The number of hydrogen-bond acceptors (Lipinski definition) is 4. The molecule has 0 amide bonds. The predicted molar refractivity (Wildman–Crippen MR) is 69.5 cm³/mol. The first kappa shape index (κ1) is 16.3. The summed E-state index contributed by atoms with van der Waals surface area (Å²) in [6.07, 6.45) is -2.25. The average molecular weight is 393 g/mol. The zero-order chi connectivity index (χ0) is 14.5. The Balaban J connectivity index is 2.56. The number of nitrogens with one attached hydrogen (secondary N) is 1. The minimum atomic E-state index is -4.16. The first-order valence-electron chi connectivity index (χ1n) is 5.35. The van der Waals surface area contributed by atoms with Crippen molar-refractivity contribution >= 4 is 28.4 Å². The molecular weight excluding hydrogens is 381 g/mol. The topological polar surface area (TPSA) is 47.0 Å². The molecule has 9 heteroatoms. The molecule has 0 spiro atoms. The third-order valence-corrected chi connectivity index (χ3v) is 2.77. The normalized spacial score (nSPS) is 11.9. The minimum absolute atomic E-state index is 0.154.